The Balaban J connectivity index is 2.28. The highest BCUT2D eigenvalue weighted by Crippen LogP contribution is 2.27. The van der Waals surface area contributed by atoms with Gasteiger partial charge in [-0.3, -0.25) is 0 Å². The molecule has 2 nitrogen and oxygen atoms in total. The Morgan fingerprint density at radius 1 is 1.10 bits per heavy atom. The molecule has 20 heavy (non-hydrogen) atoms. The van der Waals surface area contributed by atoms with Crippen LogP contribution < -0.4 is 5.32 Å². The van der Waals surface area contributed by atoms with Gasteiger partial charge in [0.25, 0.3) is 0 Å². The molecule has 2 aromatic rings. The summed E-state index contributed by atoms with van der Waals surface area (Å²) in [6.45, 7) is 1.58. The molecular formula is C17H20ClNO. The lowest BCUT2D eigenvalue weighted by atomic mass is 9.98. The van der Waals surface area contributed by atoms with E-state index in [0.29, 0.717) is 0 Å². The molecule has 0 aliphatic heterocycles. The highest BCUT2D eigenvalue weighted by molar-refractivity contribution is 6.30. The normalized spacial score (nSPS) is 10.8. The zero-order valence-corrected chi connectivity index (χ0v) is 12.7. The first-order valence-corrected chi connectivity index (χ1v) is 7.13. The van der Waals surface area contributed by atoms with Crippen molar-refractivity contribution in [2.45, 2.75) is 13.0 Å². The number of rotatable bonds is 6. The predicted molar refractivity (Wildman–Crippen MR) is 85.2 cm³/mol. The summed E-state index contributed by atoms with van der Waals surface area (Å²) in [5.74, 6) is 0. The average Bonchev–Trinajstić information content (AvgIpc) is 2.48. The molecular weight excluding hydrogens is 270 g/mol. The van der Waals surface area contributed by atoms with Gasteiger partial charge in [-0.25, -0.2) is 0 Å². The van der Waals surface area contributed by atoms with Crippen LogP contribution in [-0.4, -0.2) is 20.8 Å². The minimum absolute atomic E-state index is 0.752. The van der Waals surface area contributed by atoms with Crippen molar-refractivity contribution in [3.8, 4) is 11.1 Å². The molecule has 0 fully saturated rings. The summed E-state index contributed by atoms with van der Waals surface area (Å²) < 4.78 is 5.10. The topological polar surface area (TPSA) is 21.3 Å². The van der Waals surface area contributed by atoms with Crippen molar-refractivity contribution in [3.63, 3.8) is 0 Å². The van der Waals surface area contributed by atoms with Gasteiger partial charge in [-0.05, 0) is 47.9 Å². The van der Waals surface area contributed by atoms with Gasteiger partial charge in [0.15, 0.2) is 0 Å². The molecule has 0 spiro atoms. The molecule has 0 heterocycles. The Labute approximate surface area is 125 Å². The van der Waals surface area contributed by atoms with Crippen molar-refractivity contribution in [3.05, 3.63) is 58.6 Å². The molecule has 0 unspecified atom stereocenters. The van der Waals surface area contributed by atoms with Crippen molar-refractivity contribution in [2.24, 2.45) is 0 Å². The lowest BCUT2D eigenvalue weighted by molar-refractivity contribution is 0.202. The van der Waals surface area contributed by atoms with Gasteiger partial charge in [0.2, 0.25) is 0 Å². The molecule has 3 heteroatoms. The Kier molecular flexibility index (Phi) is 5.60. The van der Waals surface area contributed by atoms with Crippen LogP contribution in [0, 0.1) is 0 Å². The van der Waals surface area contributed by atoms with Crippen LogP contribution in [-0.2, 0) is 17.7 Å². The number of hydrogen-bond donors (Lipinski definition) is 1. The summed E-state index contributed by atoms with van der Waals surface area (Å²) >= 11 is 6.13. The Bertz CT molecular complexity index is 551. The molecule has 106 valence electrons. The molecule has 0 saturated carbocycles. The summed E-state index contributed by atoms with van der Waals surface area (Å²) in [4.78, 5) is 0. The van der Waals surface area contributed by atoms with E-state index in [4.69, 9.17) is 16.3 Å². The molecule has 2 rings (SSSR count). The van der Waals surface area contributed by atoms with Crippen molar-refractivity contribution >= 4 is 11.6 Å². The molecule has 2 aromatic carbocycles. The molecule has 0 atom stereocenters. The van der Waals surface area contributed by atoms with Gasteiger partial charge < -0.3 is 10.1 Å². The highest BCUT2D eigenvalue weighted by Gasteiger charge is 2.06. The second kappa shape index (κ2) is 7.44. The molecule has 0 aliphatic carbocycles. The minimum atomic E-state index is 0.752. The molecule has 0 aromatic heterocycles. The van der Waals surface area contributed by atoms with Crippen LogP contribution in [0.25, 0.3) is 11.1 Å². The van der Waals surface area contributed by atoms with Gasteiger partial charge in [-0.2, -0.15) is 0 Å². The first-order valence-electron chi connectivity index (χ1n) is 6.76. The quantitative estimate of drug-likeness (QED) is 0.870. The van der Waals surface area contributed by atoms with E-state index in [1.807, 2.05) is 19.2 Å². The summed E-state index contributed by atoms with van der Waals surface area (Å²) in [5.41, 5.74) is 4.92. The first kappa shape index (κ1) is 15.0. The number of halogens is 1. The van der Waals surface area contributed by atoms with Crippen molar-refractivity contribution < 1.29 is 4.74 Å². The largest absolute Gasteiger partial charge is 0.384 e. The Hall–Kier alpha value is -1.35. The molecule has 0 aliphatic rings. The van der Waals surface area contributed by atoms with Crippen molar-refractivity contribution in [2.75, 3.05) is 20.8 Å². The fourth-order valence-corrected chi connectivity index (χ4v) is 2.40. The molecule has 1 N–H and O–H groups in total. The second-order valence-corrected chi connectivity index (χ2v) is 5.21. The minimum Gasteiger partial charge on any atom is -0.384 e. The van der Waals surface area contributed by atoms with Gasteiger partial charge >= 0.3 is 0 Å². The number of ether oxygens (including phenoxy) is 1. The van der Waals surface area contributed by atoms with Crippen LogP contribution in [0.5, 0.6) is 0 Å². The number of benzene rings is 2. The van der Waals surface area contributed by atoms with Gasteiger partial charge in [0.05, 0.1) is 6.61 Å². The Morgan fingerprint density at radius 2 is 1.85 bits per heavy atom. The maximum absolute atomic E-state index is 6.13. The van der Waals surface area contributed by atoms with Crippen LogP contribution in [0.3, 0.4) is 0 Å². The fourth-order valence-electron chi connectivity index (χ4n) is 2.23. The van der Waals surface area contributed by atoms with E-state index in [2.05, 4.69) is 35.6 Å². The summed E-state index contributed by atoms with van der Waals surface area (Å²) in [7, 11) is 3.68. The monoisotopic (exact) mass is 289 g/mol. The number of hydrogen-bond acceptors (Lipinski definition) is 2. The number of nitrogens with one attached hydrogen (secondary N) is 1. The zero-order valence-electron chi connectivity index (χ0n) is 11.9. The SMILES string of the molecule is CNCc1ccc(Cl)cc1-c1ccc(CCOC)cc1. The maximum Gasteiger partial charge on any atom is 0.0502 e. The lowest BCUT2D eigenvalue weighted by Crippen LogP contribution is -2.06. The van der Waals surface area contributed by atoms with Crippen molar-refractivity contribution in [1.29, 1.82) is 0 Å². The van der Waals surface area contributed by atoms with Gasteiger partial charge in [-0.15, -0.1) is 0 Å². The lowest BCUT2D eigenvalue weighted by Gasteiger charge is -2.11. The van der Waals surface area contributed by atoms with Gasteiger partial charge in [0, 0.05) is 18.7 Å². The highest BCUT2D eigenvalue weighted by atomic mass is 35.5. The summed E-state index contributed by atoms with van der Waals surface area (Å²) in [6, 6.07) is 14.6. The summed E-state index contributed by atoms with van der Waals surface area (Å²) in [6.07, 6.45) is 0.940. The third kappa shape index (κ3) is 3.83. The molecule has 0 amide bonds. The number of methoxy groups -OCH3 is 1. The molecule has 0 radical (unpaired) electrons. The Morgan fingerprint density at radius 3 is 2.50 bits per heavy atom. The van der Waals surface area contributed by atoms with E-state index in [-0.39, 0.29) is 0 Å². The molecule has 0 saturated heterocycles. The standard InChI is InChI=1S/C17H20ClNO/c1-19-12-15-7-8-16(18)11-17(15)14-5-3-13(4-6-14)9-10-20-2/h3-8,11,19H,9-10,12H2,1-2H3. The van der Waals surface area contributed by atoms with Crippen molar-refractivity contribution in [1.82, 2.24) is 5.32 Å². The van der Waals surface area contributed by atoms with E-state index in [0.717, 1.165) is 24.6 Å². The second-order valence-electron chi connectivity index (χ2n) is 4.77. The van der Waals surface area contributed by atoms with Gasteiger partial charge in [0.1, 0.15) is 0 Å². The van der Waals surface area contributed by atoms with E-state index < -0.39 is 0 Å². The molecule has 0 bridgehead atoms. The van der Waals surface area contributed by atoms with Crippen LogP contribution >= 0.6 is 11.6 Å². The van der Waals surface area contributed by atoms with E-state index in [1.54, 1.807) is 7.11 Å². The first-order chi connectivity index (χ1) is 9.74. The third-order valence-electron chi connectivity index (χ3n) is 3.30. The van der Waals surface area contributed by atoms with E-state index in [1.165, 1.54) is 22.3 Å². The smallest absolute Gasteiger partial charge is 0.0502 e. The average molecular weight is 290 g/mol. The van der Waals surface area contributed by atoms with Gasteiger partial charge in [-0.1, -0.05) is 41.9 Å². The van der Waals surface area contributed by atoms with E-state index >= 15 is 0 Å². The van der Waals surface area contributed by atoms with E-state index in [9.17, 15) is 0 Å². The summed E-state index contributed by atoms with van der Waals surface area (Å²) in [5, 5.41) is 3.96. The predicted octanol–water partition coefficient (Wildman–Crippen LogP) is 3.92. The third-order valence-corrected chi connectivity index (χ3v) is 3.53. The maximum atomic E-state index is 6.13. The van der Waals surface area contributed by atoms with Crippen LogP contribution in [0.15, 0.2) is 42.5 Å². The van der Waals surface area contributed by atoms with Crippen LogP contribution in [0.4, 0.5) is 0 Å². The van der Waals surface area contributed by atoms with Crippen LogP contribution in [0.2, 0.25) is 5.02 Å². The fraction of sp³-hybridized carbons (Fsp3) is 0.294. The zero-order chi connectivity index (χ0) is 14.4. The van der Waals surface area contributed by atoms with Crippen LogP contribution in [0.1, 0.15) is 11.1 Å².